The Bertz CT molecular complexity index is 362. The van der Waals surface area contributed by atoms with E-state index < -0.39 is 0 Å². The third-order valence-electron chi connectivity index (χ3n) is 2.42. The Morgan fingerprint density at radius 2 is 1.73 bits per heavy atom. The van der Waals surface area contributed by atoms with Crippen LogP contribution in [0.5, 0.6) is 0 Å². The van der Waals surface area contributed by atoms with E-state index in [0.717, 1.165) is 5.56 Å². The molecule has 0 saturated heterocycles. The molecule has 1 aliphatic rings. The molecule has 1 saturated carbocycles. The molecule has 80 valence electrons. The van der Waals surface area contributed by atoms with Gasteiger partial charge in [-0.1, -0.05) is 30.3 Å². The zero-order valence-corrected chi connectivity index (χ0v) is 9.36. The molecule has 1 aliphatic carbocycles. The average molecular weight is 204 g/mol. The first kappa shape index (κ1) is 10.4. The highest BCUT2D eigenvalue weighted by atomic mass is 16.5. The number of rotatable bonds is 2. The molecule has 1 aromatic carbocycles. The van der Waals surface area contributed by atoms with Crippen LogP contribution in [0.2, 0.25) is 0 Å². The van der Waals surface area contributed by atoms with Crippen molar-refractivity contribution in [1.82, 2.24) is 0 Å². The van der Waals surface area contributed by atoms with Crippen molar-refractivity contribution in [3.63, 3.8) is 0 Å². The molecule has 2 atom stereocenters. The quantitative estimate of drug-likeness (QED) is 0.740. The van der Waals surface area contributed by atoms with Crippen molar-refractivity contribution in [2.24, 2.45) is 0 Å². The van der Waals surface area contributed by atoms with Crippen molar-refractivity contribution < 1.29 is 9.53 Å². The third-order valence-corrected chi connectivity index (χ3v) is 2.42. The third kappa shape index (κ3) is 2.26. The first-order valence-electron chi connectivity index (χ1n) is 5.25. The van der Waals surface area contributed by atoms with Gasteiger partial charge in [0.05, 0.1) is 11.5 Å². The fourth-order valence-electron chi connectivity index (χ4n) is 1.72. The predicted molar refractivity (Wildman–Crippen MR) is 58.8 cm³/mol. The summed E-state index contributed by atoms with van der Waals surface area (Å²) in [7, 11) is 0. The molecule has 0 aliphatic heterocycles. The maximum Gasteiger partial charge on any atom is 0.173 e. The molecule has 0 heterocycles. The van der Waals surface area contributed by atoms with Crippen molar-refractivity contribution in [2.45, 2.75) is 38.4 Å². The molecule has 2 nitrogen and oxygen atoms in total. The second kappa shape index (κ2) is 3.46. The maximum absolute atomic E-state index is 11.6. The molecule has 0 N–H and O–H groups in total. The van der Waals surface area contributed by atoms with Gasteiger partial charge in [0.1, 0.15) is 6.10 Å². The smallest absolute Gasteiger partial charge is 0.173 e. The van der Waals surface area contributed by atoms with E-state index in [2.05, 4.69) is 0 Å². The minimum absolute atomic E-state index is 0.0366. The van der Waals surface area contributed by atoms with Gasteiger partial charge in [-0.05, 0) is 26.3 Å². The minimum atomic E-state index is -0.246. The highest BCUT2D eigenvalue weighted by Crippen LogP contribution is 2.41. The predicted octanol–water partition coefficient (Wildman–Crippen LogP) is 2.54. The highest BCUT2D eigenvalue weighted by molar-refractivity contribution is 6.07. The summed E-state index contributed by atoms with van der Waals surface area (Å²) >= 11 is 0. The van der Waals surface area contributed by atoms with Crippen LogP contribution in [-0.4, -0.2) is 17.5 Å². The maximum atomic E-state index is 11.6. The van der Waals surface area contributed by atoms with Gasteiger partial charge in [0.15, 0.2) is 5.78 Å². The fraction of sp³-hybridized carbons (Fsp3) is 0.462. The first-order chi connectivity index (χ1) is 6.99. The van der Waals surface area contributed by atoms with Crippen LogP contribution in [0.25, 0.3) is 0 Å². The lowest BCUT2D eigenvalue weighted by Crippen LogP contribution is -2.21. The van der Waals surface area contributed by atoms with Gasteiger partial charge in [0.25, 0.3) is 0 Å². The van der Waals surface area contributed by atoms with Crippen molar-refractivity contribution >= 4 is 5.78 Å². The number of Topliss-reactive ketones (excluding diaryl/α,β-unsaturated/α-hetero) is 1. The number of benzene rings is 1. The SMILES string of the molecule is CC(C)(C)OC1C(=O)C1c1ccccc1. The number of carbonyl (C=O) groups is 1. The second-order valence-corrected chi connectivity index (χ2v) is 4.94. The Balaban J connectivity index is 2.07. The Labute approximate surface area is 90.3 Å². The van der Waals surface area contributed by atoms with Gasteiger partial charge in [-0.3, -0.25) is 4.79 Å². The van der Waals surface area contributed by atoms with E-state index in [1.807, 2.05) is 51.1 Å². The van der Waals surface area contributed by atoms with E-state index in [4.69, 9.17) is 4.74 Å². The van der Waals surface area contributed by atoms with Crippen LogP contribution < -0.4 is 0 Å². The molecule has 2 rings (SSSR count). The van der Waals surface area contributed by atoms with E-state index >= 15 is 0 Å². The molecular weight excluding hydrogens is 188 g/mol. The number of carbonyl (C=O) groups excluding carboxylic acids is 1. The molecule has 2 heteroatoms. The molecule has 15 heavy (non-hydrogen) atoms. The minimum Gasteiger partial charge on any atom is -0.364 e. The van der Waals surface area contributed by atoms with Crippen LogP contribution in [0.1, 0.15) is 32.3 Å². The van der Waals surface area contributed by atoms with Crippen molar-refractivity contribution in [1.29, 1.82) is 0 Å². The van der Waals surface area contributed by atoms with Crippen LogP contribution in [-0.2, 0) is 9.53 Å². The van der Waals surface area contributed by atoms with Crippen molar-refractivity contribution in [3.05, 3.63) is 35.9 Å². The Morgan fingerprint density at radius 3 is 2.27 bits per heavy atom. The van der Waals surface area contributed by atoms with E-state index in [0.29, 0.717) is 0 Å². The molecule has 0 amide bonds. The Hall–Kier alpha value is -1.15. The van der Waals surface area contributed by atoms with E-state index in [1.165, 1.54) is 0 Å². The van der Waals surface area contributed by atoms with Gasteiger partial charge in [-0.2, -0.15) is 0 Å². The van der Waals surface area contributed by atoms with Crippen LogP contribution in [0.15, 0.2) is 30.3 Å². The summed E-state index contributed by atoms with van der Waals surface area (Å²) in [5, 5.41) is 0. The summed E-state index contributed by atoms with van der Waals surface area (Å²) in [6.45, 7) is 5.92. The van der Waals surface area contributed by atoms with Gasteiger partial charge in [-0.25, -0.2) is 0 Å². The van der Waals surface area contributed by atoms with Gasteiger partial charge in [-0.15, -0.1) is 0 Å². The number of ketones is 1. The summed E-state index contributed by atoms with van der Waals surface area (Å²) in [4.78, 5) is 11.6. The van der Waals surface area contributed by atoms with Gasteiger partial charge < -0.3 is 4.74 Å². The molecule has 1 aromatic rings. The molecule has 0 aromatic heterocycles. The molecule has 2 unspecified atom stereocenters. The standard InChI is InChI=1S/C13H16O2/c1-13(2,3)15-12-10(11(12)14)9-7-5-4-6-8-9/h4-8,10,12H,1-3H3. The molecule has 0 radical (unpaired) electrons. The largest absolute Gasteiger partial charge is 0.364 e. The van der Waals surface area contributed by atoms with Gasteiger partial charge in [0, 0.05) is 0 Å². The van der Waals surface area contributed by atoms with Crippen molar-refractivity contribution in [3.8, 4) is 0 Å². The van der Waals surface area contributed by atoms with Crippen LogP contribution in [0.3, 0.4) is 0 Å². The highest BCUT2D eigenvalue weighted by Gasteiger charge is 2.52. The van der Waals surface area contributed by atoms with Gasteiger partial charge in [0.2, 0.25) is 0 Å². The number of ether oxygens (including phenoxy) is 1. The summed E-state index contributed by atoms with van der Waals surface area (Å²) in [6.07, 6.45) is -0.229. The second-order valence-electron chi connectivity index (χ2n) is 4.94. The summed E-state index contributed by atoms with van der Waals surface area (Å²) < 4.78 is 5.68. The molecule has 0 bridgehead atoms. The van der Waals surface area contributed by atoms with Gasteiger partial charge >= 0.3 is 0 Å². The lowest BCUT2D eigenvalue weighted by molar-refractivity contribution is -0.117. The lowest BCUT2D eigenvalue weighted by atomic mass is 10.1. The Morgan fingerprint density at radius 1 is 1.13 bits per heavy atom. The van der Waals surface area contributed by atoms with E-state index in [-0.39, 0.29) is 23.4 Å². The summed E-state index contributed by atoms with van der Waals surface area (Å²) in [6, 6.07) is 9.82. The van der Waals surface area contributed by atoms with Crippen LogP contribution in [0.4, 0.5) is 0 Å². The fourth-order valence-corrected chi connectivity index (χ4v) is 1.72. The molecule has 1 fully saturated rings. The number of hydrogen-bond donors (Lipinski definition) is 0. The first-order valence-corrected chi connectivity index (χ1v) is 5.25. The summed E-state index contributed by atoms with van der Waals surface area (Å²) in [5.74, 6) is 0.168. The van der Waals surface area contributed by atoms with Crippen LogP contribution >= 0.6 is 0 Å². The Kier molecular flexibility index (Phi) is 2.39. The lowest BCUT2D eigenvalue weighted by Gasteiger charge is -2.18. The summed E-state index contributed by atoms with van der Waals surface area (Å²) in [5.41, 5.74) is 0.820. The monoisotopic (exact) mass is 204 g/mol. The average Bonchev–Trinajstić information content (AvgIpc) is 2.75. The van der Waals surface area contributed by atoms with E-state index in [9.17, 15) is 4.79 Å². The topological polar surface area (TPSA) is 26.3 Å². The molecule has 0 spiro atoms. The normalized spacial score (nSPS) is 25.4. The zero-order chi connectivity index (χ0) is 11.1. The van der Waals surface area contributed by atoms with E-state index in [1.54, 1.807) is 0 Å². The zero-order valence-electron chi connectivity index (χ0n) is 9.36. The van der Waals surface area contributed by atoms with Crippen molar-refractivity contribution in [2.75, 3.05) is 0 Å². The van der Waals surface area contributed by atoms with Crippen LogP contribution in [0, 0.1) is 0 Å². The molecular formula is C13H16O2. The number of hydrogen-bond acceptors (Lipinski definition) is 2.